The Balaban J connectivity index is 2.58. The quantitative estimate of drug-likeness (QED) is 0.807. The minimum atomic E-state index is -0.0579. The molecule has 0 unspecified atom stereocenters. The van der Waals surface area contributed by atoms with E-state index in [0.717, 1.165) is 22.3 Å². The fraction of sp³-hybridized carbons (Fsp3) is 0.167. The molecule has 0 bridgehead atoms. The van der Waals surface area contributed by atoms with Crippen molar-refractivity contribution in [3.63, 3.8) is 0 Å². The van der Waals surface area contributed by atoms with Crippen molar-refractivity contribution in [2.45, 2.75) is 13.2 Å². The van der Waals surface area contributed by atoms with Crippen molar-refractivity contribution in [2.75, 3.05) is 0 Å². The van der Waals surface area contributed by atoms with Gasteiger partial charge in [0.05, 0.1) is 13.2 Å². The molecule has 4 nitrogen and oxygen atoms in total. The second kappa shape index (κ2) is 4.83. The van der Waals surface area contributed by atoms with Crippen molar-refractivity contribution in [2.24, 2.45) is 0 Å². The summed E-state index contributed by atoms with van der Waals surface area (Å²) in [4.78, 5) is 8.05. The molecule has 82 valence electrons. The van der Waals surface area contributed by atoms with E-state index < -0.39 is 0 Å². The number of aliphatic hydroxyl groups is 2. The molecule has 2 aromatic heterocycles. The zero-order valence-electron chi connectivity index (χ0n) is 8.67. The van der Waals surface area contributed by atoms with Gasteiger partial charge in [-0.1, -0.05) is 0 Å². The molecule has 2 N–H and O–H groups in total. The standard InChI is InChI=1S/C12H12N2O2/c15-7-9-1-3-13-5-11(9)12-6-14-4-2-10(12)8-16/h1-6,15-16H,7-8H2. The minimum absolute atomic E-state index is 0.0579. The molecule has 0 aliphatic carbocycles. The SMILES string of the molecule is OCc1ccncc1-c1cnccc1CO. The van der Waals surface area contributed by atoms with E-state index in [0.29, 0.717) is 0 Å². The third-order valence-corrected chi connectivity index (χ3v) is 2.45. The second-order valence-corrected chi connectivity index (χ2v) is 3.38. The first-order valence-corrected chi connectivity index (χ1v) is 4.94. The van der Waals surface area contributed by atoms with Gasteiger partial charge in [-0.05, 0) is 23.3 Å². The fourth-order valence-corrected chi connectivity index (χ4v) is 1.61. The summed E-state index contributed by atoms with van der Waals surface area (Å²) < 4.78 is 0. The average Bonchev–Trinajstić information content (AvgIpc) is 2.38. The van der Waals surface area contributed by atoms with E-state index in [1.165, 1.54) is 0 Å². The molecule has 0 spiro atoms. The third kappa shape index (κ3) is 1.93. The summed E-state index contributed by atoms with van der Waals surface area (Å²) >= 11 is 0. The van der Waals surface area contributed by atoms with Crippen LogP contribution in [0.3, 0.4) is 0 Å². The highest BCUT2D eigenvalue weighted by atomic mass is 16.3. The van der Waals surface area contributed by atoms with Crippen LogP contribution in [0.2, 0.25) is 0 Å². The van der Waals surface area contributed by atoms with Crippen LogP contribution in [0, 0.1) is 0 Å². The van der Waals surface area contributed by atoms with Crippen LogP contribution in [0.5, 0.6) is 0 Å². The van der Waals surface area contributed by atoms with E-state index in [-0.39, 0.29) is 13.2 Å². The normalized spacial score (nSPS) is 10.4. The molecule has 0 aromatic carbocycles. The molecule has 4 heteroatoms. The zero-order chi connectivity index (χ0) is 11.4. The van der Waals surface area contributed by atoms with Crippen molar-refractivity contribution >= 4 is 0 Å². The molecule has 2 heterocycles. The molecule has 0 fully saturated rings. The van der Waals surface area contributed by atoms with E-state index >= 15 is 0 Å². The maximum Gasteiger partial charge on any atom is 0.0689 e. The highest BCUT2D eigenvalue weighted by Crippen LogP contribution is 2.25. The van der Waals surface area contributed by atoms with Gasteiger partial charge in [-0.3, -0.25) is 9.97 Å². The van der Waals surface area contributed by atoms with Crippen LogP contribution in [0.15, 0.2) is 36.9 Å². The summed E-state index contributed by atoms with van der Waals surface area (Å²) in [5, 5.41) is 18.5. The van der Waals surface area contributed by atoms with Crippen LogP contribution in [-0.4, -0.2) is 20.2 Å². The molecule has 0 atom stereocenters. The van der Waals surface area contributed by atoms with Crippen LogP contribution < -0.4 is 0 Å². The van der Waals surface area contributed by atoms with Gasteiger partial charge in [-0.15, -0.1) is 0 Å². The van der Waals surface area contributed by atoms with Gasteiger partial charge in [0.2, 0.25) is 0 Å². The Morgan fingerprint density at radius 3 is 1.62 bits per heavy atom. The van der Waals surface area contributed by atoms with Crippen LogP contribution in [-0.2, 0) is 13.2 Å². The Bertz CT molecular complexity index is 440. The number of aromatic nitrogens is 2. The third-order valence-electron chi connectivity index (χ3n) is 2.45. The van der Waals surface area contributed by atoms with E-state index in [1.807, 2.05) is 0 Å². The number of aliphatic hydroxyl groups excluding tert-OH is 2. The van der Waals surface area contributed by atoms with Crippen LogP contribution >= 0.6 is 0 Å². The summed E-state index contributed by atoms with van der Waals surface area (Å²) in [6.45, 7) is -0.116. The molecular formula is C12H12N2O2. The Kier molecular flexibility index (Phi) is 3.24. The lowest BCUT2D eigenvalue weighted by Crippen LogP contribution is -1.95. The monoisotopic (exact) mass is 216 g/mol. The summed E-state index contributed by atoms with van der Waals surface area (Å²) in [6, 6.07) is 3.51. The van der Waals surface area contributed by atoms with Gasteiger partial charge in [0.15, 0.2) is 0 Å². The van der Waals surface area contributed by atoms with Gasteiger partial charge < -0.3 is 10.2 Å². The molecule has 0 saturated carbocycles. The Hall–Kier alpha value is -1.78. The molecule has 0 saturated heterocycles. The first kappa shape index (κ1) is 10.7. The van der Waals surface area contributed by atoms with Crippen molar-refractivity contribution in [1.29, 1.82) is 0 Å². The topological polar surface area (TPSA) is 66.2 Å². The lowest BCUT2D eigenvalue weighted by molar-refractivity contribution is 0.280. The number of nitrogens with zero attached hydrogens (tertiary/aromatic N) is 2. The maximum absolute atomic E-state index is 9.23. The molecule has 0 amide bonds. The van der Waals surface area contributed by atoms with Gasteiger partial charge in [-0.2, -0.15) is 0 Å². The summed E-state index contributed by atoms with van der Waals surface area (Å²) in [5.41, 5.74) is 3.17. The minimum Gasteiger partial charge on any atom is -0.392 e. The van der Waals surface area contributed by atoms with Crippen molar-refractivity contribution < 1.29 is 10.2 Å². The van der Waals surface area contributed by atoms with Gasteiger partial charge >= 0.3 is 0 Å². The predicted molar refractivity (Wildman–Crippen MR) is 59.3 cm³/mol. The lowest BCUT2D eigenvalue weighted by Gasteiger charge is -2.09. The average molecular weight is 216 g/mol. The lowest BCUT2D eigenvalue weighted by atomic mass is 10.00. The van der Waals surface area contributed by atoms with Gasteiger partial charge in [0, 0.05) is 35.9 Å². The van der Waals surface area contributed by atoms with Crippen LogP contribution in [0.25, 0.3) is 11.1 Å². The number of hydrogen-bond acceptors (Lipinski definition) is 4. The highest BCUT2D eigenvalue weighted by Gasteiger charge is 2.08. The van der Waals surface area contributed by atoms with E-state index in [9.17, 15) is 10.2 Å². The molecule has 0 aliphatic heterocycles. The molecule has 0 radical (unpaired) electrons. The number of pyridine rings is 2. The number of rotatable bonds is 3. The first-order valence-electron chi connectivity index (χ1n) is 4.94. The van der Waals surface area contributed by atoms with Crippen molar-refractivity contribution in [3.05, 3.63) is 48.0 Å². The van der Waals surface area contributed by atoms with E-state index in [1.54, 1.807) is 36.9 Å². The highest BCUT2D eigenvalue weighted by molar-refractivity contribution is 5.68. The molecule has 2 rings (SSSR count). The molecule has 2 aromatic rings. The fourth-order valence-electron chi connectivity index (χ4n) is 1.61. The first-order chi connectivity index (χ1) is 7.86. The Labute approximate surface area is 93.2 Å². The van der Waals surface area contributed by atoms with Gasteiger partial charge in [0.25, 0.3) is 0 Å². The summed E-state index contributed by atoms with van der Waals surface area (Å²) in [7, 11) is 0. The molecular weight excluding hydrogens is 204 g/mol. The summed E-state index contributed by atoms with van der Waals surface area (Å²) in [5.74, 6) is 0. The van der Waals surface area contributed by atoms with Crippen LogP contribution in [0.4, 0.5) is 0 Å². The Morgan fingerprint density at radius 2 is 1.25 bits per heavy atom. The maximum atomic E-state index is 9.23. The Morgan fingerprint density at radius 1 is 0.812 bits per heavy atom. The van der Waals surface area contributed by atoms with Gasteiger partial charge in [0.1, 0.15) is 0 Å². The smallest absolute Gasteiger partial charge is 0.0689 e. The predicted octanol–water partition coefficient (Wildman–Crippen LogP) is 1.13. The van der Waals surface area contributed by atoms with Crippen LogP contribution in [0.1, 0.15) is 11.1 Å². The molecule has 0 aliphatic rings. The zero-order valence-corrected chi connectivity index (χ0v) is 8.67. The summed E-state index contributed by atoms with van der Waals surface area (Å²) in [6.07, 6.45) is 6.59. The van der Waals surface area contributed by atoms with Crippen molar-refractivity contribution in [3.8, 4) is 11.1 Å². The van der Waals surface area contributed by atoms with E-state index in [2.05, 4.69) is 9.97 Å². The van der Waals surface area contributed by atoms with Crippen molar-refractivity contribution in [1.82, 2.24) is 9.97 Å². The van der Waals surface area contributed by atoms with Gasteiger partial charge in [-0.25, -0.2) is 0 Å². The molecule has 16 heavy (non-hydrogen) atoms. The van der Waals surface area contributed by atoms with E-state index in [4.69, 9.17) is 0 Å². The second-order valence-electron chi connectivity index (χ2n) is 3.38. The number of hydrogen-bond donors (Lipinski definition) is 2. The largest absolute Gasteiger partial charge is 0.392 e.